The third-order valence-electron chi connectivity index (χ3n) is 3.78. The maximum absolute atomic E-state index is 10.9. The fourth-order valence-corrected chi connectivity index (χ4v) is 3.01. The molecule has 3 nitrogen and oxygen atoms in total. The number of esters is 1. The molecule has 2 saturated carbocycles. The van der Waals surface area contributed by atoms with Crippen LogP contribution in [0.5, 0.6) is 0 Å². The molecule has 2 aliphatic rings. The van der Waals surface area contributed by atoms with Crippen LogP contribution in [-0.4, -0.2) is 12.6 Å². The highest BCUT2D eigenvalue weighted by Gasteiger charge is 2.46. The van der Waals surface area contributed by atoms with Crippen molar-refractivity contribution in [2.45, 2.75) is 19.3 Å². The van der Waals surface area contributed by atoms with E-state index in [1.165, 1.54) is 6.08 Å². The van der Waals surface area contributed by atoms with Gasteiger partial charge in [0.25, 0.3) is 0 Å². The Labute approximate surface area is 89.7 Å². The van der Waals surface area contributed by atoms with E-state index >= 15 is 0 Å². The first-order valence-electron chi connectivity index (χ1n) is 5.43. The third-order valence-corrected chi connectivity index (χ3v) is 3.78. The standard InChI is InChI=1S/C12H15NO2/c1-2-12(14)15-7-11-5-8-3-9(11)4-10(8)6-13/h2,8-11H,1,3-5,7H2. The molecule has 0 radical (unpaired) electrons. The van der Waals surface area contributed by atoms with Crippen molar-refractivity contribution in [3.63, 3.8) is 0 Å². The zero-order valence-corrected chi connectivity index (χ0v) is 8.69. The van der Waals surface area contributed by atoms with Gasteiger partial charge in [-0.3, -0.25) is 0 Å². The number of hydrogen-bond donors (Lipinski definition) is 0. The summed E-state index contributed by atoms with van der Waals surface area (Å²) in [5.41, 5.74) is 0. The fraction of sp³-hybridized carbons (Fsp3) is 0.667. The molecule has 0 saturated heterocycles. The van der Waals surface area contributed by atoms with Crippen molar-refractivity contribution in [1.82, 2.24) is 0 Å². The molecular formula is C12H15NO2. The Kier molecular flexibility index (Phi) is 2.77. The second kappa shape index (κ2) is 4.06. The summed E-state index contributed by atoms with van der Waals surface area (Å²) < 4.78 is 5.06. The summed E-state index contributed by atoms with van der Waals surface area (Å²) in [6.45, 7) is 3.87. The van der Waals surface area contributed by atoms with Crippen LogP contribution in [0.25, 0.3) is 0 Å². The van der Waals surface area contributed by atoms with Gasteiger partial charge < -0.3 is 4.74 Å². The van der Waals surface area contributed by atoms with Gasteiger partial charge in [-0.25, -0.2) is 4.79 Å². The van der Waals surface area contributed by atoms with Gasteiger partial charge in [0.05, 0.1) is 12.7 Å². The normalized spacial score (nSPS) is 37.3. The van der Waals surface area contributed by atoms with Crippen molar-refractivity contribution in [1.29, 1.82) is 5.26 Å². The monoisotopic (exact) mass is 205 g/mol. The molecule has 4 atom stereocenters. The van der Waals surface area contributed by atoms with Gasteiger partial charge in [-0.1, -0.05) is 6.58 Å². The molecule has 80 valence electrons. The summed E-state index contributed by atoms with van der Waals surface area (Å²) in [6, 6.07) is 2.37. The van der Waals surface area contributed by atoms with E-state index in [0.29, 0.717) is 24.4 Å². The molecule has 2 rings (SSSR count). The molecule has 0 aromatic heterocycles. The van der Waals surface area contributed by atoms with Crippen LogP contribution in [0.2, 0.25) is 0 Å². The smallest absolute Gasteiger partial charge is 0.330 e. The highest BCUT2D eigenvalue weighted by atomic mass is 16.5. The first-order valence-corrected chi connectivity index (χ1v) is 5.43. The molecule has 0 spiro atoms. The Morgan fingerprint density at radius 1 is 1.47 bits per heavy atom. The maximum atomic E-state index is 10.9. The van der Waals surface area contributed by atoms with Gasteiger partial charge >= 0.3 is 5.97 Å². The second-order valence-electron chi connectivity index (χ2n) is 4.56. The predicted molar refractivity (Wildman–Crippen MR) is 54.6 cm³/mol. The van der Waals surface area contributed by atoms with E-state index in [9.17, 15) is 4.79 Å². The Bertz CT molecular complexity index is 318. The molecule has 0 aromatic carbocycles. The van der Waals surface area contributed by atoms with Gasteiger partial charge in [-0.15, -0.1) is 0 Å². The second-order valence-corrected chi connectivity index (χ2v) is 4.56. The molecule has 2 bridgehead atoms. The van der Waals surface area contributed by atoms with Crippen molar-refractivity contribution in [2.24, 2.45) is 23.7 Å². The fourth-order valence-electron chi connectivity index (χ4n) is 3.01. The van der Waals surface area contributed by atoms with E-state index in [0.717, 1.165) is 19.3 Å². The molecular weight excluding hydrogens is 190 g/mol. The van der Waals surface area contributed by atoms with E-state index in [4.69, 9.17) is 10.00 Å². The molecule has 2 aliphatic carbocycles. The lowest BCUT2D eigenvalue weighted by molar-refractivity contribution is -0.139. The summed E-state index contributed by atoms with van der Waals surface area (Å²) in [6.07, 6.45) is 4.39. The Balaban J connectivity index is 1.82. The summed E-state index contributed by atoms with van der Waals surface area (Å²) in [4.78, 5) is 10.9. The summed E-state index contributed by atoms with van der Waals surface area (Å²) >= 11 is 0. The molecule has 2 fully saturated rings. The van der Waals surface area contributed by atoms with Gasteiger partial charge in [0, 0.05) is 12.0 Å². The van der Waals surface area contributed by atoms with Gasteiger partial charge in [0.2, 0.25) is 0 Å². The van der Waals surface area contributed by atoms with Crippen LogP contribution in [0.4, 0.5) is 0 Å². The van der Waals surface area contributed by atoms with Gasteiger partial charge in [-0.2, -0.15) is 5.26 Å². The summed E-state index contributed by atoms with van der Waals surface area (Å²) in [7, 11) is 0. The molecule has 0 aliphatic heterocycles. The average molecular weight is 205 g/mol. The van der Waals surface area contributed by atoms with E-state index < -0.39 is 0 Å². The van der Waals surface area contributed by atoms with Crippen LogP contribution < -0.4 is 0 Å². The van der Waals surface area contributed by atoms with Gasteiger partial charge in [0.15, 0.2) is 0 Å². The quantitative estimate of drug-likeness (QED) is 0.522. The summed E-state index contributed by atoms with van der Waals surface area (Å²) in [5, 5.41) is 8.88. The van der Waals surface area contributed by atoms with E-state index in [1.807, 2.05) is 0 Å². The average Bonchev–Trinajstić information content (AvgIpc) is 2.84. The Hall–Kier alpha value is -1.30. The van der Waals surface area contributed by atoms with E-state index in [2.05, 4.69) is 12.6 Å². The van der Waals surface area contributed by atoms with Crippen LogP contribution in [0, 0.1) is 35.0 Å². The Morgan fingerprint density at radius 3 is 2.80 bits per heavy atom. The SMILES string of the molecule is C=CC(=O)OCC1CC2CC1CC2C#N. The molecule has 15 heavy (non-hydrogen) atoms. The van der Waals surface area contributed by atoms with E-state index in [1.54, 1.807) is 0 Å². The van der Waals surface area contributed by atoms with Crippen LogP contribution in [0.1, 0.15) is 19.3 Å². The number of hydrogen-bond acceptors (Lipinski definition) is 3. The molecule has 4 unspecified atom stereocenters. The van der Waals surface area contributed by atoms with Crippen molar-refractivity contribution < 1.29 is 9.53 Å². The highest BCUT2D eigenvalue weighted by Crippen LogP contribution is 2.51. The summed E-state index contributed by atoms with van der Waals surface area (Å²) in [5.74, 6) is 1.53. The molecule has 0 amide bonds. The topological polar surface area (TPSA) is 50.1 Å². The minimum Gasteiger partial charge on any atom is -0.462 e. The molecule has 3 heteroatoms. The number of carbonyl (C=O) groups is 1. The Morgan fingerprint density at radius 2 is 2.27 bits per heavy atom. The van der Waals surface area contributed by atoms with Crippen LogP contribution in [0.15, 0.2) is 12.7 Å². The molecule has 0 aromatic rings. The highest BCUT2D eigenvalue weighted by molar-refractivity contribution is 5.81. The number of ether oxygens (including phenoxy) is 1. The molecule has 0 heterocycles. The third kappa shape index (κ3) is 1.90. The van der Waals surface area contributed by atoms with Crippen molar-refractivity contribution in [2.75, 3.05) is 6.61 Å². The first kappa shape index (κ1) is 10.2. The van der Waals surface area contributed by atoms with Crippen LogP contribution in [0.3, 0.4) is 0 Å². The number of nitriles is 1. The van der Waals surface area contributed by atoms with Crippen molar-refractivity contribution >= 4 is 5.97 Å². The number of nitrogens with zero attached hydrogens (tertiary/aromatic N) is 1. The first-order chi connectivity index (χ1) is 7.24. The minimum absolute atomic E-state index is 0.251. The van der Waals surface area contributed by atoms with Gasteiger partial charge in [-0.05, 0) is 37.0 Å². The lowest BCUT2D eigenvalue weighted by Crippen LogP contribution is -2.22. The lowest BCUT2D eigenvalue weighted by Gasteiger charge is -2.23. The molecule has 0 N–H and O–H groups in total. The minimum atomic E-state index is -0.338. The predicted octanol–water partition coefficient (Wildman–Crippen LogP) is 1.90. The zero-order valence-electron chi connectivity index (χ0n) is 8.69. The lowest BCUT2D eigenvalue weighted by atomic mass is 9.83. The van der Waals surface area contributed by atoms with Crippen LogP contribution in [-0.2, 0) is 9.53 Å². The number of carbonyl (C=O) groups excluding carboxylic acids is 1. The van der Waals surface area contributed by atoms with E-state index in [-0.39, 0.29) is 11.9 Å². The van der Waals surface area contributed by atoms with Gasteiger partial charge in [0.1, 0.15) is 0 Å². The number of fused-ring (bicyclic) bond motifs is 2. The maximum Gasteiger partial charge on any atom is 0.330 e. The van der Waals surface area contributed by atoms with Crippen LogP contribution >= 0.6 is 0 Å². The largest absolute Gasteiger partial charge is 0.462 e. The van der Waals surface area contributed by atoms with Crippen molar-refractivity contribution in [3.8, 4) is 6.07 Å². The van der Waals surface area contributed by atoms with Crippen molar-refractivity contribution in [3.05, 3.63) is 12.7 Å². The number of rotatable bonds is 3. The zero-order chi connectivity index (χ0) is 10.8.